The summed E-state index contributed by atoms with van der Waals surface area (Å²) in [5.41, 5.74) is 1.24. The highest BCUT2D eigenvalue weighted by Crippen LogP contribution is 2.26. The lowest BCUT2D eigenvalue weighted by atomic mass is 9.99. The summed E-state index contributed by atoms with van der Waals surface area (Å²) in [6, 6.07) is 7.65. The smallest absolute Gasteiger partial charge is 0.260 e. The first-order chi connectivity index (χ1) is 10.1. The van der Waals surface area contributed by atoms with Gasteiger partial charge in [0.1, 0.15) is 5.75 Å². The molecule has 1 aromatic carbocycles. The molecule has 2 aromatic rings. The fourth-order valence-corrected chi connectivity index (χ4v) is 1.88. The molecule has 21 heavy (non-hydrogen) atoms. The maximum absolute atomic E-state index is 13.7. The van der Waals surface area contributed by atoms with E-state index in [-0.39, 0.29) is 5.88 Å². The minimum absolute atomic E-state index is 0.0720. The summed E-state index contributed by atoms with van der Waals surface area (Å²) in [4.78, 5) is 7.85. The number of nitrogens with one attached hydrogen (secondary N) is 1. The van der Waals surface area contributed by atoms with Crippen LogP contribution in [0.4, 0.5) is 10.3 Å². The molecular formula is C16H20FN3O. The molecule has 0 aliphatic carbocycles. The molecule has 112 valence electrons. The van der Waals surface area contributed by atoms with Crippen molar-refractivity contribution in [3.63, 3.8) is 0 Å². The van der Waals surface area contributed by atoms with E-state index in [0.29, 0.717) is 24.2 Å². The van der Waals surface area contributed by atoms with Gasteiger partial charge in [0.2, 0.25) is 11.8 Å². The van der Waals surface area contributed by atoms with Crippen molar-refractivity contribution in [1.82, 2.24) is 9.97 Å². The van der Waals surface area contributed by atoms with Crippen LogP contribution in [0, 0.1) is 5.82 Å². The van der Waals surface area contributed by atoms with Crippen molar-refractivity contribution in [3.8, 4) is 11.6 Å². The van der Waals surface area contributed by atoms with Crippen LogP contribution in [0.2, 0.25) is 0 Å². The highest BCUT2D eigenvalue weighted by atomic mass is 19.1. The Labute approximate surface area is 124 Å². The Balaban J connectivity index is 2.15. The zero-order chi connectivity index (χ0) is 15.2. The molecule has 1 unspecified atom stereocenters. The largest absolute Gasteiger partial charge is 0.436 e. The lowest BCUT2D eigenvalue weighted by Gasteiger charge is -2.11. The molecule has 1 aromatic heterocycles. The maximum Gasteiger partial charge on any atom is 0.260 e. The first kappa shape index (κ1) is 15.2. The van der Waals surface area contributed by atoms with Crippen molar-refractivity contribution < 1.29 is 9.13 Å². The second-order valence-electron chi connectivity index (χ2n) is 4.86. The van der Waals surface area contributed by atoms with Crippen molar-refractivity contribution >= 4 is 5.95 Å². The standard InChI is InChI=1S/C16H20FN3O/c1-4-11(3)12-6-8-13(9-7-12)21-15-14(17)10-19-16(20-15)18-5-2/h6-11H,4-5H2,1-3H3,(H,18,19,20). The van der Waals surface area contributed by atoms with Gasteiger partial charge in [-0.3, -0.25) is 0 Å². The third-order valence-electron chi connectivity index (χ3n) is 3.32. The molecule has 1 N–H and O–H groups in total. The van der Waals surface area contributed by atoms with E-state index >= 15 is 0 Å². The molecule has 0 aliphatic heterocycles. The first-order valence-electron chi connectivity index (χ1n) is 7.18. The van der Waals surface area contributed by atoms with E-state index in [9.17, 15) is 4.39 Å². The molecule has 1 atom stereocenters. The Morgan fingerprint density at radius 2 is 1.95 bits per heavy atom. The number of hydrogen-bond donors (Lipinski definition) is 1. The van der Waals surface area contributed by atoms with Crippen molar-refractivity contribution in [2.24, 2.45) is 0 Å². The Hall–Kier alpha value is -2.17. The summed E-state index contributed by atoms with van der Waals surface area (Å²) in [6.45, 7) is 6.89. The topological polar surface area (TPSA) is 47.0 Å². The highest BCUT2D eigenvalue weighted by Gasteiger charge is 2.10. The van der Waals surface area contributed by atoms with Gasteiger partial charge in [-0.2, -0.15) is 9.37 Å². The first-order valence-corrected chi connectivity index (χ1v) is 7.18. The van der Waals surface area contributed by atoms with Crippen LogP contribution in [0.15, 0.2) is 30.5 Å². The number of halogens is 1. The summed E-state index contributed by atoms with van der Waals surface area (Å²) in [6.07, 6.45) is 2.18. The second-order valence-corrected chi connectivity index (χ2v) is 4.86. The van der Waals surface area contributed by atoms with Gasteiger partial charge in [0, 0.05) is 6.54 Å². The number of rotatable bonds is 6. The quantitative estimate of drug-likeness (QED) is 0.858. The summed E-state index contributed by atoms with van der Waals surface area (Å²) >= 11 is 0. The average Bonchev–Trinajstić information content (AvgIpc) is 2.51. The van der Waals surface area contributed by atoms with Gasteiger partial charge in [0.15, 0.2) is 0 Å². The van der Waals surface area contributed by atoms with Gasteiger partial charge >= 0.3 is 0 Å². The van der Waals surface area contributed by atoms with E-state index < -0.39 is 5.82 Å². The number of hydrogen-bond acceptors (Lipinski definition) is 4. The van der Waals surface area contributed by atoms with Crippen molar-refractivity contribution in [2.75, 3.05) is 11.9 Å². The van der Waals surface area contributed by atoms with Crippen LogP contribution in [0.3, 0.4) is 0 Å². The third-order valence-corrected chi connectivity index (χ3v) is 3.32. The number of benzene rings is 1. The van der Waals surface area contributed by atoms with Gasteiger partial charge in [-0.15, -0.1) is 0 Å². The SMILES string of the molecule is CCNc1ncc(F)c(Oc2ccc(C(C)CC)cc2)n1. The van der Waals surface area contributed by atoms with E-state index in [1.807, 2.05) is 31.2 Å². The monoisotopic (exact) mass is 289 g/mol. The van der Waals surface area contributed by atoms with Crippen LogP contribution in [0.1, 0.15) is 38.7 Å². The number of ether oxygens (including phenoxy) is 1. The molecule has 0 spiro atoms. The van der Waals surface area contributed by atoms with Gasteiger partial charge in [-0.25, -0.2) is 4.98 Å². The van der Waals surface area contributed by atoms with Crippen LogP contribution < -0.4 is 10.1 Å². The minimum atomic E-state index is -0.581. The Kier molecular flexibility index (Phi) is 5.09. The van der Waals surface area contributed by atoms with Gasteiger partial charge in [-0.1, -0.05) is 26.0 Å². The molecule has 0 aliphatic rings. The van der Waals surface area contributed by atoms with Crippen molar-refractivity contribution in [2.45, 2.75) is 33.1 Å². The van der Waals surface area contributed by atoms with Crippen LogP contribution >= 0.6 is 0 Å². The minimum Gasteiger partial charge on any atom is -0.436 e. The number of nitrogens with zero attached hydrogens (tertiary/aromatic N) is 2. The molecule has 4 nitrogen and oxygen atoms in total. The van der Waals surface area contributed by atoms with Gasteiger partial charge < -0.3 is 10.1 Å². The lowest BCUT2D eigenvalue weighted by molar-refractivity contribution is 0.420. The highest BCUT2D eigenvalue weighted by molar-refractivity contribution is 5.34. The fourth-order valence-electron chi connectivity index (χ4n) is 1.88. The zero-order valence-corrected chi connectivity index (χ0v) is 12.6. The fraction of sp³-hybridized carbons (Fsp3) is 0.375. The van der Waals surface area contributed by atoms with E-state index in [4.69, 9.17) is 4.74 Å². The Bertz CT molecular complexity index is 587. The van der Waals surface area contributed by atoms with E-state index in [2.05, 4.69) is 29.1 Å². The van der Waals surface area contributed by atoms with Crippen molar-refractivity contribution in [1.29, 1.82) is 0 Å². The van der Waals surface area contributed by atoms with Crippen LogP contribution in [0.25, 0.3) is 0 Å². The predicted octanol–water partition coefficient (Wildman–Crippen LogP) is 4.35. The number of aromatic nitrogens is 2. The Morgan fingerprint density at radius 3 is 2.57 bits per heavy atom. The summed E-state index contributed by atoms with van der Waals surface area (Å²) < 4.78 is 19.2. The molecule has 2 rings (SSSR count). The predicted molar refractivity (Wildman–Crippen MR) is 81.4 cm³/mol. The average molecular weight is 289 g/mol. The molecule has 5 heteroatoms. The molecule has 0 amide bonds. The van der Waals surface area contributed by atoms with Gasteiger partial charge in [0.25, 0.3) is 5.88 Å². The Morgan fingerprint density at radius 1 is 1.24 bits per heavy atom. The molecule has 0 fully saturated rings. The lowest BCUT2D eigenvalue weighted by Crippen LogP contribution is -2.04. The molecule has 0 saturated carbocycles. The van der Waals surface area contributed by atoms with E-state index in [0.717, 1.165) is 12.6 Å². The zero-order valence-electron chi connectivity index (χ0n) is 12.6. The molecule has 0 saturated heterocycles. The maximum atomic E-state index is 13.7. The third kappa shape index (κ3) is 3.90. The van der Waals surface area contributed by atoms with Gasteiger partial charge in [-0.05, 0) is 37.0 Å². The summed E-state index contributed by atoms with van der Waals surface area (Å²) in [5, 5.41) is 2.92. The second kappa shape index (κ2) is 7.02. The van der Waals surface area contributed by atoms with Crippen LogP contribution in [-0.2, 0) is 0 Å². The molecule has 0 radical (unpaired) electrons. The van der Waals surface area contributed by atoms with Crippen LogP contribution in [-0.4, -0.2) is 16.5 Å². The van der Waals surface area contributed by atoms with E-state index in [1.165, 1.54) is 5.56 Å². The van der Waals surface area contributed by atoms with Crippen LogP contribution in [0.5, 0.6) is 11.6 Å². The summed E-state index contributed by atoms with van der Waals surface area (Å²) in [7, 11) is 0. The molecule has 1 heterocycles. The normalized spacial score (nSPS) is 12.0. The van der Waals surface area contributed by atoms with Crippen molar-refractivity contribution in [3.05, 3.63) is 41.8 Å². The molecular weight excluding hydrogens is 269 g/mol. The van der Waals surface area contributed by atoms with Gasteiger partial charge in [0.05, 0.1) is 6.20 Å². The molecule has 0 bridgehead atoms. The van der Waals surface area contributed by atoms with E-state index in [1.54, 1.807) is 0 Å². The number of anilines is 1. The summed E-state index contributed by atoms with van der Waals surface area (Å²) in [5.74, 6) is 0.752.